The molecule has 1 aromatic heterocycles. The number of aromatic nitrogens is 3. The van der Waals surface area contributed by atoms with E-state index in [1.54, 1.807) is 0 Å². The van der Waals surface area contributed by atoms with Crippen molar-refractivity contribution < 1.29 is 0 Å². The molecule has 3 heterocycles. The molecule has 2 aromatic rings. The lowest BCUT2D eigenvalue weighted by atomic mass is 9.99. The third-order valence-electron chi connectivity index (χ3n) is 5.79. The van der Waals surface area contributed by atoms with Crippen LogP contribution in [-0.4, -0.2) is 52.3 Å². The molecule has 1 fully saturated rings. The van der Waals surface area contributed by atoms with Crippen molar-refractivity contribution in [3.8, 4) is 0 Å². The van der Waals surface area contributed by atoms with E-state index in [9.17, 15) is 0 Å². The van der Waals surface area contributed by atoms with Crippen LogP contribution in [0.4, 0.5) is 0 Å². The molecule has 144 valence electrons. The summed E-state index contributed by atoms with van der Waals surface area (Å²) in [7, 11) is 1.88. The zero-order valence-corrected chi connectivity index (χ0v) is 16.3. The van der Waals surface area contributed by atoms with Gasteiger partial charge in [0.1, 0.15) is 11.6 Å². The third-order valence-corrected chi connectivity index (χ3v) is 5.79. The Balaban J connectivity index is 1.31. The molecule has 4 rings (SSSR count). The number of rotatable bonds is 4. The van der Waals surface area contributed by atoms with E-state index in [2.05, 4.69) is 60.3 Å². The third kappa shape index (κ3) is 4.15. The largest absolute Gasteiger partial charge is 0.356 e. The zero-order chi connectivity index (χ0) is 18.5. The predicted molar refractivity (Wildman–Crippen MR) is 108 cm³/mol. The summed E-state index contributed by atoms with van der Waals surface area (Å²) in [4.78, 5) is 6.89. The highest BCUT2D eigenvalue weighted by Crippen LogP contribution is 2.26. The number of aliphatic imine (C=N–C) groups is 1. The molecule has 1 atom stereocenters. The van der Waals surface area contributed by atoms with E-state index in [1.807, 2.05) is 7.05 Å². The summed E-state index contributed by atoms with van der Waals surface area (Å²) in [6.45, 7) is 4.00. The summed E-state index contributed by atoms with van der Waals surface area (Å²) in [5, 5.41) is 12.4. The number of hydrogen-bond acceptors (Lipinski definition) is 3. The first-order chi connectivity index (χ1) is 13.3. The highest BCUT2D eigenvalue weighted by Gasteiger charge is 2.25. The molecule has 2 aliphatic heterocycles. The highest BCUT2D eigenvalue weighted by molar-refractivity contribution is 5.80. The molecular formula is C21H30N6. The molecule has 0 radical (unpaired) electrons. The van der Waals surface area contributed by atoms with Gasteiger partial charge in [-0.3, -0.25) is 4.99 Å². The molecule has 2 aliphatic rings. The van der Waals surface area contributed by atoms with E-state index in [4.69, 9.17) is 0 Å². The molecule has 1 unspecified atom stereocenters. The summed E-state index contributed by atoms with van der Waals surface area (Å²) in [6.07, 6.45) is 6.91. The molecule has 0 spiro atoms. The van der Waals surface area contributed by atoms with E-state index < -0.39 is 0 Å². The Morgan fingerprint density at radius 1 is 1.15 bits per heavy atom. The van der Waals surface area contributed by atoms with Crippen LogP contribution in [0.3, 0.4) is 0 Å². The van der Waals surface area contributed by atoms with E-state index in [-0.39, 0.29) is 0 Å². The minimum Gasteiger partial charge on any atom is -0.356 e. The fraction of sp³-hybridized carbons (Fsp3) is 0.571. The monoisotopic (exact) mass is 366 g/mol. The molecule has 0 aliphatic carbocycles. The molecule has 1 saturated heterocycles. The normalized spacial score (nSPS) is 20.4. The Hall–Kier alpha value is -2.37. The maximum absolute atomic E-state index is 4.51. The van der Waals surface area contributed by atoms with Gasteiger partial charge in [-0.1, -0.05) is 36.8 Å². The topological polar surface area (TPSA) is 58.3 Å². The SMILES string of the molecule is CN=C(NCCc1nnc2n1CCCCC2)N1CCC(c2ccccc2)C1. The van der Waals surface area contributed by atoms with E-state index >= 15 is 0 Å². The summed E-state index contributed by atoms with van der Waals surface area (Å²) < 4.78 is 2.33. The Kier molecular flexibility index (Phi) is 5.70. The smallest absolute Gasteiger partial charge is 0.193 e. The van der Waals surface area contributed by atoms with Crippen LogP contribution in [-0.2, 0) is 19.4 Å². The zero-order valence-electron chi connectivity index (χ0n) is 16.3. The van der Waals surface area contributed by atoms with Crippen LogP contribution in [0.2, 0.25) is 0 Å². The maximum Gasteiger partial charge on any atom is 0.193 e. The molecule has 0 bridgehead atoms. The van der Waals surface area contributed by atoms with Gasteiger partial charge >= 0.3 is 0 Å². The van der Waals surface area contributed by atoms with Crippen molar-refractivity contribution in [1.82, 2.24) is 25.0 Å². The summed E-state index contributed by atoms with van der Waals surface area (Å²) in [5.74, 6) is 3.87. The number of fused-ring (bicyclic) bond motifs is 1. The maximum atomic E-state index is 4.51. The Morgan fingerprint density at radius 2 is 2.04 bits per heavy atom. The van der Waals surface area contributed by atoms with Crippen molar-refractivity contribution in [2.24, 2.45) is 4.99 Å². The second-order valence-electron chi connectivity index (χ2n) is 7.56. The van der Waals surface area contributed by atoms with Crippen LogP contribution in [0, 0.1) is 0 Å². The lowest BCUT2D eigenvalue weighted by molar-refractivity contribution is 0.485. The number of hydrogen-bond donors (Lipinski definition) is 1. The molecule has 27 heavy (non-hydrogen) atoms. The Labute approximate surface area is 161 Å². The van der Waals surface area contributed by atoms with Gasteiger partial charge in [0.15, 0.2) is 5.96 Å². The average molecular weight is 367 g/mol. The fourth-order valence-electron chi connectivity index (χ4n) is 4.30. The molecule has 1 N–H and O–H groups in total. The number of aryl methyl sites for hydroxylation is 1. The van der Waals surface area contributed by atoms with Crippen LogP contribution in [0.15, 0.2) is 35.3 Å². The van der Waals surface area contributed by atoms with E-state index in [1.165, 1.54) is 31.2 Å². The lowest BCUT2D eigenvalue weighted by Crippen LogP contribution is -2.41. The first-order valence-electron chi connectivity index (χ1n) is 10.3. The second-order valence-corrected chi connectivity index (χ2v) is 7.56. The molecule has 0 saturated carbocycles. The number of benzene rings is 1. The number of nitrogens with zero attached hydrogens (tertiary/aromatic N) is 5. The number of nitrogens with one attached hydrogen (secondary N) is 1. The van der Waals surface area contributed by atoms with E-state index in [0.29, 0.717) is 5.92 Å². The van der Waals surface area contributed by atoms with Gasteiger partial charge in [-0.15, -0.1) is 10.2 Å². The fourth-order valence-corrected chi connectivity index (χ4v) is 4.30. The van der Waals surface area contributed by atoms with Gasteiger partial charge in [-0.05, 0) is 24.8 Å². The van der Waals surface area contributed by atoms with Gasteiger partial charge in [0.05, 0.1) is 0 Å². The molecule has 6 heteroatoms. The Morgan fingerprint density at radius 3 is 2.89 bits per heavy atom. The Bertz CT molecular complexity index is 766. The van der Waals surface area contributed by atoms with Crippen LogP contribution >= 0.6 is 0 Å². The van der Waals surface area contributed by atoms with Crippen molar-refractivity contribution in [2.45, 2.75) is 51.0 Å². The number of guanidine groups is 1. The number of likely N-dealkylation sites (tertiary alicyclic amines) is 1. The summed E-state index contributed by atoms with van der Waals surface area (Å²) in [5.41, 5.74) is 1.43. The molecule has 1 aromatic carbocycles. The first-order valence-corrected chi connectivity index (χ1v) is 10.3. The van der Waals surface area contributed by atoms with Crippen LogP contribution in [0.25, 0.3) is 0 Å². The highest BCUT2D eigenvalue weighted by atomic mass is 15.3. The standard InChI is InChI=1S/C21H30N6/c1-22-21(26-15-12-18(16-26)17-8-4-2-5-9-17)23-13-11-20-25-24-19-10-6-3-7-14-27(19)20/h2,4-5,8-9,18H,3,6-7,10-16H2,1H3,(H,22,23). The minimum absolute atomic E-state index is 0.594. The van der Waals surface area contributed by atoms with Crippen molar-refractivity contribution in [3.63, 3.8) is 0 Å². The minimum atomic E-state index is 0.594. The summed E-state index contributed by atoms with van der Waals surface area (Å²) in [6, 6.07) is 10.8. The van der Waals surface area contributed by atoms with Gasteiger partial charge < -0.3 is 14.8 Å². The van der Waals surface area contributed by atoms with E-state index in [0.717, 1.165) is 56.6 Å². The van der Waals surface area contributed by atoms with Crippen LogP contribution in [0.5, 0.6) is 0 Å². The molecular weight excluding hydrogens is 336 g/mol. The second kappa shape index (κ2) is 8.55. The molecule has 0 amide bonds. The summed E-state index contributed by atoms with van der Waals surface area (Å²) >= 11 is 0. The quantitative estimate of drug-likeness (QED) is 0.667. The lowest BCUT2D eigenvalue weighted by Gasteiger charge is -2.22. The van der Waals surface area contributed by atoms with Crippen molar-refractivity contribution in [1.29, 1.82) is 0 Å². The van der Waals surface area contributed by atoms with Gasteiger partial charge in [0.2, 0.25) is 0 Å². The van der Waals surface area contributed by atoms with Crippen molar-refractivity contribution in [3.05, 3.63) is 47.5 Å². The average Bonchev–Trinajstić information content (AvgIpc) is 3.27. The van der Waals surface area contributed by atoms with Gasteiger partial charge in [0.25, 0.3) is 0 Å². The van der Waals surface area contributed by atoms with Gasteiger partial charge in [-0.2, -0.15) is 0 Å². The molecule has 6 nitrogen and oxygen atoms in total. The predicted octanol–water partition coefficient (Wildman–Crippen LogP) is 2.61. The van der Waals surface area contributed by atoms with Crippen LogP contribution in [0.1, 0.15) is 48.8 Å². The van der Waals surface area contributed by atoms with Gasteiger partial charge in [0, 0.05) is 52.0 Å². The van der Waals surface area contributed by atoms with Crippen LogP contribution < -0.4 is 5.32 Å². The van der Waals surface area contributed by atoms with Gasteiger partial charge in [-0.25, -0.2) is 0 Å². The van der Waals surface area contributed by atoms with Crippen molar-refractivity contribution >= 4 is 5.96 Å². The van der Waals surface area contributed by atoms with Crippen molar-refractivity contribution in [2.75, 3.05) is 26.7 Å². The first kappa shape index (κ1) is 18.0.